The SMILES string of the molecule is COC1=CCC[C@@]2(C)C(=O)CC3=C(C)[C@@H](O[Si](C)(C)C(C)(C)C)C[C@@](O)([C@@H](OC(=O)C4(C)C=CCC=C4)[C@@H]12)C3(C)C. The summed E-state index contributed by atoms with van der Waals surface area (Å²) in [5.41, 5.74) is -2.29. The van der Waals surface area contributed by atoms with Crippen LogP contribution in [0.4, 0.5) is 0 Å². The van der Waals surface area contributed by atoms with Crippen LogP contribution in [0.2, 0.25) is 18.1 Å². The van der Waals surface area contributed by atoms with Crippen LogP contribution in [-0.2, 0) is 23.5 Å². The van der Waals surface area contributed by atoms with E-state index in [-0.39, 0.29) is 23.7 Å². The number of methoxy groups -OCH3 is 1. The first-order valence-corrected chi connectivity index (χ1v) is 18.1. The number of hydrogen-bond acceptors (Lipinski definition) is 6. The molecule has 228 valence electrons. The molecule has 4 aliphatic rings. The molecule has 0 aliphatic heterocycles. The summed E-state index contributed by atoms with van der Waals surface area (Å²) in [5, 5.41) is 13.1. The van der Waals surface area contributed by atoms with E-state index in [2.05, 4.69) is 40.8 Å². The average molecular weight is 585 g/mol. The summed E-state index contributed by atoms with van der Waals surface area (Å²) in [6.45, 7) is 20.9. The number of carbonyl (C=O) groups excluding carboxylic acids is 2. The van der Waals surface area contributed by atoms with E-state index in [1.807, 2.05) is 58.1 Å². The van der Waals surface area contributed by atoms with Crippen molar-refractivity contribution in [3.63, 3.8) is 0 Å². The Kier molecular flexibility index (Phi) is 8.06. The van der Waals surface area contributed by atoms with Crippen LogP contribution in [0, 0.1) is 22.2 Å². The molecule has 4 rings (SSSR count). The molecule has 0 unspecified atom stereocenters. The van der Waals surface area contributed by atoms with Gasteiger partial charge in [0.1, 0.15) is 22.9 Å². The van der Waals surface area contributed by atoms with E-state index in [0.29, 0.717) is 18.6 Å². The fourth-order valence-electron chi connectivity index (χ4n) is 7.19. The normalized spacial score (nSPS) is 34.8. The fourth-order valence-corrected chi connectivity index (χ4v) is 8.52. The zero-order chi connectivity index (χ0) is 30.8. The number of ether oxygens (including phenoxy) is 2. The summed E-state index contributed by atoms with van der Waals surface area (Å²) in [7, 11) is -0.662. The number of Topliss-reactive ketones (excluding diaryl/α,β-unsaturated/α-hetero) is 1. The Labute approximate surface area is 248 Å². The number of aliphatic hydroxyl groups is 1. The third-order valence-electron chi connectivity index (χ3n) is 11.4. The van der Waals surface area contributed by atoms with Crippen molar-refractivity contribution in [1.29, 1.82) is 0 Å². The van der Waals surface area contributed by atoms with Crippen LogP contribution in [0.15, 0.2) is 47.3 Å². The highest BCUT2D eigenvalue weighted by Gasteiger charge is 2.66. The van der Waals surface area contributed by atoms with E-state index >= 15 is 0 Å². The van der Waals surface area contributed by atoms with Crippen molar-refractivity contribution in [2.75, 3.05) is 7.11 Å². The molecule has 1 N–H and O–H groups in total. The highest BCUT2D eigenvalue weighted by atomic mass is 28.4. The molecule has 0 aromatic carbocycles. The maximum Gasteiger partial charge on any atom is 0.319 e. The van der Waals surface area contributed by atoms with Gasteiger partial charge in [-0.2, -0.15) is 0 Å². The number of carbonyl (C=O) groups is 2. The Morgan fingerprint density at radius 3 is 2.27 bits per heavy atom. The Balaban J connectivity index is 1.95. The van der Waals surface area contributed by atoms with Crippen LogP contribution in [0.5, 0.6) is 0 Å². The van der Waals surface area contributed by atoms with Crippen molar-refractivity contribution < 1.29 is 28.6 Å². The highest BCUT2D eigenvalue weighted by Crippen LogP contribution is 2.60. The molecule has 1 saturated carbocycles. The number of allylic oxidation sites excluding steroid dienone is 3. The fraction of sp³-hybridized carbons (Fsp3) is 0.706. The van der Waals surface area contributed by atoms with Crippen LogP contribution < -0.4 is 0 Å². The van der Waals surface area contributed by atoms with Crippen molar-refractivity contribution in [3.8, 4) is 0 Å². The van der Waals surface area contributed by atoms with Gasteiger partial charge in [0.05, 0.1) is 24.9 Å². The largest absolute Gasteiger partial charge is 0.501 e. The number of esters is 1. The molecule has 6 nitrogen and oxygen atoms in total. The number of rotatable bonds is 5. The van der Waals surface area contributed by atoms with Crippen LogP contribution in [0.1, 0.15) is 87.5 Å². The summed E-state index contributed by atoms with van der Waals surface area (Å²) in [5.74, 6) is -0.376. The predicted octanol–water partition coefficient (Wildman–Crippen LogP) is 7.21. The van der Waals surface area contributed by atoms with Crippen LogP contribution >= 0.6 is 0 Å². The number of fused-ring (bicyclic) bond motifs is 3. The van der Waals surface area contributed by atoms with Crippen molar-refractivity contribution in [1.82, 2.24) is 0 Å². The van der Waals surface area contributed by atoms with E-state index in [0.717, 1.165) is 17.6 Å². The van der Waals surface area contributed by atoms with E-state index in [1.165, 1.54) is 0 Å². The maximum absolute atomic E-state index is 14.4. The third kappa shape index (κ3) is 5.04. The summed E-state index contributed by atoms with van der Waals surface area (Å²) >= 11 is 0. The molecule has 41 heavy (non-hydrogen) atoms. The highest BCUT2D eigenvalue weighted by molar-refractivity contribution is 6.74. The lowest BCUT2D eigenvalue weighted by Crippen LogP contribution is -2.67. The Bertz CT molecular complexity index is 1200. The second-order valence-electron chi connectivity index (χ2n) is 15.3. The van der Waals surface area contributed by atoms with E-state index in [9.17, 15) is 14.7 Å². The van der Waals surface area contributed by atoms with Crippen molar-refractivity contribution >= 4 is 20.1 Å². The lowest BCUT2D eigenvalue weighted by molar-refractivity contribution is -0.219. The Hall–Kier alpha value is -1.96. The standard InChI is InChI=1S/C34H52O6Si/c1-22-23-20-26(35)33(8)19-15-16-24(38-9)27(33)28(39-29(36)32(7)17-13-12-14-18-32)34(37,31(23,5)6)21-25(22)40-41(10,11)30(2,3)4/h13-14,16-18,25,27-28,37H,12,15,19-21H2,1-11H3/t25-,27+,28-,33-,34+/m0/s1. The van der Waals surface area contributed by atoms with Gasteiger partial charge in [0, 0.05) is 23.7 Å². The van der Waals surface area contributed by atoms with E-state index in [4.69, 9.17) is 13.9 Å². The number of hydrogen-bond donors (Lipinski definition) is 1. The molecule has 5 atom stereocenters. The molecular weight excluding hydrogens is 532 g/mol. The molecular formula is C34H52O6Si. The van der Waals surface area contributed by atoms with Gasteiger partial charge in [-0.1, -0.05) is 71.4 Å². The molecule has 0 aromatic heterocycles. The molecule has 7 heteroatoms. The van der Waals surface area contributed by atoms with Crippen molar-refractivity contribution in [2.45, 2.75) is 123 Å². The maximum atomic E-state index is 14.4. The van der Waals surface area contributed by atoms with Gasteiger partial charge in [-0.25, -0.2) is 0 Å². The van der Waals surface area contributed by atoms with Crippen LogP contribution in [0.3, 0.4) is 0 Å². The first-order valence-electron chi connectivity index (χ1n) is 15.2. The molecule has 4 aliphatic carbocycles. The lowest BCUT2D eigenvalue weighted by atomic mass is 9.50. The van der Waals surface area contributed by atoms with E-state index in [1.54, 1.807) is 7.11 Å². The zero-order valence-corrected chi connectivity index (χ0v) is 28.1. The third-order valence-corrected chi connectivity index (χ3v) is 15.9. The molecule has 0 aromatic rings. The molecule has 0 radical (unpaired) electrons. The lowest BCUT2D eigenvalue weighted by Gasteiger charge is -2.60. The van der Waals surface area contributed by atoms with Gasteiger partial charge in [0.15, 0.2) is 8.32 Å². The van der Waals surface area contributed by atoms with Gasteiger partial charge >= 0.3 is 5.97 Å². The zero-order valence-electron chi connectivity index (χ0n) is 27.1. The molecule has 0 amide bonds. The molecule has 0 heterocycles. The van der Waals surface area contributed by atoms with Gasteiger partial charge in [-0.05, 0) is 62.9 Å². The minimum Gasteiger partial charge on any atom is -0.501 e. The second kappa shape index (κ2) is 10.3. The monoisotopic (exact) mass is 584 g/mol. The van der Waals surface area contributed by atoms with Crippen LogP contribution in [-0.4, -0.2) is 50.1 Å². The summed E-state index contributed by atoms with van der Waals surface area (Å²) in [6, 6.07) is 0. The first-order chi connectivity index (χ1) is 18.7. The molecule has 0 saturated heterocycles. The molecule has 1 fully saturated rings. The van der Waals surface area contributed by atoms with E-state index < -0.39 is 54.3 Å². The topological polar surface area (TPSA) is 82.1 Å². The van der Waals surface area contributed by atoms with Gasteiger partial charge in [0.25, 0.3) is 0 Å². The van der Waals surface area contributed by atoms with Crippen molar-refractivity contribution in [3.05, 3.63) is 47.3 Å². The Morgan fingerprint density at radius 1 is 1.10 bits per heavy atom. The summed E-state index contributed by atoms with van der Waals surface area (Å²) in [4.78, 5) is 28.4. The predicted molar refractivity (Wildman–Crippen MR) is 165 cm³/mol. The second-order valence-corrected chi connectivity index (χ2v) is 20.0. The Morgan fingerprint density at radius 2 is 1.71 bits per heavy atom. The minimum atomic E-state index is -2.26. The van der Waals surface area contributed by atoms with Gasteiger partial charge < -0.3 is 19.0 Å². The number of ketones is 1. The molecule has 2 bridgehead atoms. The molecule has 0 spiro atoms. The average Bonchev–Trinajstić information content (AvgIpc) is 2.87. The quantitative estimate of drug-likeness (QED) is 0.209. The smallest absolute Gasteiger partial charge is 0.319 e. The minimum absolute atomic E-state index is 0.0422. The van der Waals surface area contributed by atoms with Gasteiger partial charge in [-0.3, -0.25) is 9.59 Å². The summed E-state index contributed by atoms with van der Waals surface area (Å²) < 4.78 is 19.5. The van der Waals surface area contributed by atoms with Gasteiger partial charge in [0.2, 0.25) is 0 Å². The van der Waals surface area contributed by atoms with Gasteiger partial charge in [-0.15, -0.1) is 0 Å². The van der Waals surface area contributed by atoms with Crippen molar-refractivity contribution in [2.24, 2.45) is 22.2 Å². The first kappa shape index (κ1) is 32.0. The summed E-state index contributed by atoms with van der Waals surface area (Å²) in [6.07, 6.45) is 10.8. The van der Waals surface area contributed by atoms with Crippen LogP contribution in [0.25, 0.3) is 0 Å².